The molecule has 1 aromatic carbocycles. The van der Waals surface area contributed by atoms with Crippen LogP contribution in [0.5, 0.6) is 0 Å². The maximum absolute atomic E-state index is 11.3. The summed E-state index contributed by atoms with van der Waals surface area (Å²) in [6, 6.07) is 7.17. The van der Waals surface area contributed by atoms with Crippen LogP contribution in [0.1, 0.15) is 5.56 Å². The summed E-state index contributed by atoms with van der Waals surface area (Å²) in [6.45, 7) is 0.267. The van der Waals surface area contributed by atoms with Gasteiger partial charge in [-0.25, -0.2) is 4.79 Å². The Morgan fingerprint density at radius 3 is 2.47 bits per heavy atom. The summed E-state index contributed by atoms with van der Waals surface area (Å²) in [4.78, 5) is 22.0. The Bertz CT molecular complexity index is 392. The number of carbonyl (C=O) groups is 2. The summed E-state index contributed by atoms with van der Waals surface area (Å²) >= 11 is 3.32. The van der Waals surface area contributed by atoms with Crippen molar-refractivity contribution in [2.75, 3.05) is 13.7 Å². The monoisotopic (exact) mass is 300 g/mol. The zero-order chi connectivity index (χ0) is 12.7. The summed E-state index contributed by atoms with van der Waals surface area (Å²) in [5.41, 5.74) is 0.974. The minimum Gasteiger partial charge on any atom is -0.468 e. The molecule has 2 N–H and O–H groups in total. The van der Waals surface area contributed by atoms with Crippen molar-refractivity contribution >= 4 is 27.9 Å². The molecule has 17 heavy (non-hydrogen) atoms. The highest BCUT2D eigenvalue weighted by Gasteiger charge is 2.04. The van der Waals surface area contributed by atoms with Gasteiger partial charge in [-0.1, -0.05) is 28.1 Å². The second-order valence-corrected chi connectivity index (χ2v) is 4.15. The lowest BCUT2D eigenvalue weighted by atomic mass is 10.2. The van der Waals surface area contributed by atoms with Crippen molar-refractivity contribution in [3.8, 4) is 0 Å². The van der Waals surface area contributed by atoms with Crippen LogP contribution in [0.25, 0.3) is 0 Å². The number of ether oxygens (including phenoxy) is 1. The summed E-state index contributed by atoms with van der Waals surface area (Å²) in [5, 5.41) is 5.01. The van der Waals surface area contributed by atoms with Gasteiger partial charge in [-0.3, -0.25) is 4.79 Å². The van der Waals surface area contributed by atoms with Gasteiger partial charge in [-0.05, 0) is 17.7 Å². The number of amides is 2. The van der Waals surface area contributed by atoms with E-state index >= 15 is 0 Å². The van der Waals surface area contributed by atoms with Gasteiger partial charge in [0.25, 0.3) is 0 Å². The first-order valence-electron chi connectivity index (χ1n) is 4.95. The SMILES string of the molecule is COC(=O)CNC(=O)NCc1ccc(Br)cc1. The van der Waals surface area contributed by atoms with E-state index in [-0.39, 0.29) is 6.54 Å². The van der Waals surface area contributed by atoms with E-state index in [9.17, 15) is 9.59 Å². The Labute approximate surface area is 108 Å². The summed E-state index contributed by atoms with van der Waals surface area (Å²) in [5.74, 6) is -0.483. The van der Waals surface area contributed by atoms with Crippen molar-refractivity contribution in [2.45, 2.75) is 6.54 Å². The molecule has 0 atom stereocenters. The van der Waals surface area contributed by atoms with E-state index in [1.165, 1.54) is 7.11 Å². The van der Waals surface area contributed by atoms with Crippen molar-refractivity contribution in [1.29, 1.82) is 0 Å². The molecule has 0 aliphatic carbocycles. The summed E-state index contributed by atoms with van der Waals surface area (Å²) in [6.07, 6.45) is 0. The zero-order valence-electron chi connectivity index (χ0n) is 9.33. The van der Waals surface area contributed by atoms with Gasteiger partial charge in [0.05, 0.1) is 7.11 Å². The predicted molar refractivity (Wildman–Crippen MR) is 66.4 cm³/mol. The van der Waals surface area contributed by atoms with E-state index in [0.717, 1.165) is 10.0 Å². The maximum atomic E-state index is 11.3. The zero-order valence-corrected chi connectivity index (χ0v) is 10.9. The molecule has 92 valence electrons. The lowest BCUT2D eigenvalue weighted by Crippen LogP contribution is -2.38. The summed E-state index contributed by atoms with van der Waals surface area (Å²) in [7, 11) is 1.27. The van der Waals surface area contributed by atoms with Gasteiger partial charge in [0.1, 0.15) is 6.54 Å². The van der Waals surface area contributed by atoms with E-state index < -0.39 is 12.0 Å². The molecular weight excluding hydrogens is 288 g/mol. The number of carbonyl (C=O) groups excluding carboxylic acids is 2. The molecule has 0 saturated heterocycles. The van der Waals surface area contributed by atoms with Crippen LogP contribution in [0, 0.1) is 0 Å². The predicted octanol–water partition coefficient (Wildman–Crippen LogP) is 1.42. The Hall–Kier alpha value is -1.56. The van der Waals surface area contributed by atoms with Gasteiger partial charge in [0.15, 0.2) is 0 Å². The quantitative estimate of drug-likeness (QED) is 0.827. The molecule has 0 aromatic heterocycles. The van der Waals surface area contributed by atoms with Gasteiger partial charge < -0.3 is 15.4 Å². The second-order valence-electron chi connectivity index (χ2n) is 3.24. The van der Waals surface area contributed by atoms with Gasteiger partial charge in [-0.15, -0.1) is 0 Å². The second kappa shape index (κ2) is 6.90. The first kappa shape index (κ1) is 13.5. The Kier molecular flexibility index (Phi) is 5.48. The standard InChI is InChI=1S/C11H13BrN2O3/c1-17-10(15)7-14-11(16)13-6-8-2-4-9(12)5-3-8/h2-5H,6-7H2,1H3,(H2,13,14,16). The van der Waals surface area contributed by atoms with Gasteiger partial charge >= 0.3 is 12.0 Å². The smallest absolute Gasteiger partial charge is 0.325 e. The highest BCUT2D eigenvalue weighted by atomic mass is 79.9. The van der Waals surface area contributed by atoms with Crippen LogP contribution in [-0.4, -0.2) is 25.7 Å². The molecule has 0 radical (unpaired) electrons. The number of halogens is 1. The third-order valence-corrected chi connectivity index (χ3v) is 2.52. The number of methoxy groups -OCH3 is 1. The minimum atomic E-state index is -0.483. The first-order valence-corrected chi connectivity index (χ1v) is 5.74. The minimum absolute atomic E-state index is 0.136. The third kappa shape index (κ3) is 5.35. The van der Waals surface area contributed by atoms with E-state index in [1.54, 1.807) is 0 Å². The van der Waals surface area contributed by atoms with Crippen molar-refractivity contribution in [3.63, 3.8) is 0 Å². The number of hydrogen-bond donors (Lipinski definition) is 2. The maximum Gasteiger partial charge on any atom is 0.325 e. The number of hydrogen-bond acceptors (Lipinski definition) is 3. The molecule has 0 aliphatic rings. The molecular formula is C11H13BrN2O3. The van der Waals surface area contributed by atoms with Crippen LogP contribution in [0.4, 0.5) is 4.79 Å². The van der Waals surface area contributed by atoms with E-state index in [1.807, 2.05) is 24.3 Å². The molecule has 0 heterocycles. The highest BCUT2D eigenvalue weighted by Crippen LogP contribution is 2.09. The van der Waals surface area contributed by atoms with Crippen molar-refractivity contribution in [3.05, 3.63) is 34.3 Å². The van der Waals surface area contributed by atoms with E-state index in [0.29, 0.717) is 6.54 Å². The largest absolute Gasteiger partial charge is 0.468 e. The fraction of sp³-hybridized carbons (Fsp3) is 0.273. The van der Waals surface area contributed by atoms with E-state index in [2.05, 4.69) is 31.3 Å². The molecule has 0 spiro atoms. The van der Waals surface area contributed by atoms with Crippen LogP contribution >= 0.6 is 15.9 Å². The number of esters is 1. The van der Waals surface area contributed by atoms with Crippen molar-refractivity contribution < 1.29 is 14.3 Å². The fourth-order valence-corrected chi connectivity index (χ4v) is 1.34. The molecule has 2 amide bonds. The van der Waals surface area contributed by atoms with Crippen LogP contribution in [-0.2, 0) is 16.1 Å². The topological polar surface area (TPSA) is 67.4 Å². The molecule has 0 fully saturated rings. The van der Waals surface area contributed by atoms with Gasteiger partial charge in [0, 0.05) is 11.0 Å². The molecule has 0 bridgehead atoms. The number of rotatable bonds is 4. The van der Waals surface area contributed by atoms with Crippen LogP contribution in [0.3, 0.4) is 0 Å². The Morgan fingerprint density at radius 1 is 1.24 bits per heavy atom. The molecule has 0 aliphatic heterocycles. The molecule has 0 saturated carbocycles. The lowest BCUT2D eigenvalue weighted by molar-refractivity contribution is -0.139. The van der Waals surface area contributed by atoms with Crippen LogP contribution < -0.4 is 10.6 Å². The normalized spacial score (nSPS) is 9.53. The number of nitrogens with one attached hydrogen (secondary N) is 2. The highest BCUT2D eigenvalue weighted by molar-refractivity contribution is 9.10. The average molecular weight is 301 g/mol. The Balaban J connectivity index is 2.28. The third-order valence-electron chi connectivity index (χ3n) is 1.99. The first-order chi connectivity index (χ1) is 8.11. The van der Waals surface area contributed by atoms with E-state index in [4.69, 9.17) is 0 Å². The summed E-state index contributed by atoms with van der Waals surface area (Å²) < 4.78 is 5.37. The van der Waals surface area contributed by atoms with Gasteiger partial charge in [-0.2, -0.15) is 0 Å². The van der Waals surface area contributed by atoms with Crippen molar-refractivity contribution in [1.82, 2.24) is 10.6 Å². The number of urea groups is 1. The lowest BCUT2D eigenvalue weighted by Gasteiger charge is -2.06. The van der Waals surface area contributed by atoms with Crippen molar-refractivity contribution in [2.24, 2.45) is 0 Å². The molecule has 6 heteroatoms. The van der Waals surface area contributed by atoms with Crippen LogP contribution in [0.2, 0.25) is 0 Å². The van der Waals surface area contributed by atoms with Gasteiger partial charge in [0.2, 0.25) is 0 Å². The van der Waals surface area contributed by atoms with Crippen LogP contribution in [0.15, 0.2) is 28.7 Å². The number of benzene rings is 1. The Morgan fingerprint density at radius 2 is 1.88 bits per heavy atom. The molecule has 1 rings (SSSR count). The molecule has 1 aromatic rings. The fourth-order valence-electron chi connectivity index (χ4n) is 1.07. The molecule has 5 nitrogen and oxygen atoms in total. The average Bonchev–Trinajstić information content (AvgIpc) is 2.35. The molecule has 0 unspecified atom stereocenters.